The molecule has 19 heavy (non-hydrogen) atoms. The third-order valence-corrected chi connectivity index (χ3v) is 3.28. The van der Waals surface area contributed by atoms with Gasteiger partial charge in [-0.1, -0.05) is 30.3 Å². The number of aliphatic hydroxyl groups excluding tert-OH is 1. The summed E-state index contributed by atoms with van der Waals surface area (Å²) in [4.78, 5) is 0. The Labute approximate surface area is 112 Å². The van der Waals surface area contributed by atoms with Crippen molar-refractivity contribution in [2.45, 2.75) is 19.9 Å². The number of anilines is 1. The number of benzene rings is 2. The molecule has 0 spiro atoms. The quantitative estimate of drug-likeness (QED) is 0.879. The van der Waals surface area contributed by atoms with E-state index in [1.54, 1.807) is 18.2 Å². The van der Waals surface area contributed by atoms with Gasteiger partial charge in [-0.25, -0.2) is 4.39 Å². The number of halogens is 1. The van der Waals surface area contributed by atoms with Gasteiger partial charge in [0.25, 0.3) is 0 Å². The van der Waals surface area contributed by atoms with Crippen LogP contribution in [0.25, 0.3) is 0 Å². The molecule has 1 unspecified atom stereocenters. The van der Waals surface area contributed by atoms with Crippen LogP contribution in [-0.2, 0) is 0 Å². The van der Waals surface area contributed by atoms with Gasteiger partial charge in [0.1, 0.15) is 5.82 Å². The summed E-state index contributed by atoms with van der Waals surface area (Å²) in [7, 11) is 0. The number of aliphatic hydroxyl groups is 1. The minimum Gasteiger partial charge on any atom is -0.394 e. The minimum atomic E-state index is -0.313. The topological polar surface area (TPSA) is 32.3 Å². The Kier molecular flexibility index (Phi) is 4.17. The van der Waals surface area contributed by atoms with Gasteiger partial charge < -0.3 is 10.4 Å². The summed E-state index contributed by atoms with van der Waals surface area (Å²) in [5.41, 5.74) is 3.60. The molecular formula is C16H18FNO. The van der Waals surface area contributed by atoms with Gasteiger partial charge in [0.15, 0.2) is 0 Å². The van der Waals surface area contributed by atoms with Crippen molar-refractivity contribution in [3.05, 3.63) is 65.0 Å². The number of rotatable bonds is 4. The van der Waals surface area contributed by atoms with E-state index in [9.17, 15) is 9.50 Å². The molecule has 0 aliphatic rings. The predicted octanol–water partition coefficient (Wildman–Crippen LogP) is 3.59. The van der Waals surface area contributed by atoms with Crippen LogP contribution in [0.1, 0.15) is 22.7 Å². The van der Waals surface area contributed by atoms with E-state index in [0.717, 1.165) is 16.7 Å². The lowest BCUT2D eigenvalue weighted by molar-refractivity contribution is 0.275. The molecule has 0 bridgehead atoms. The molecule has 2 aromatic carbocycles. The summed E-state index contributed by atoms with van der Waals surface area (Å²) < 4.78 is 13.7. The molecule has 2 N–H and O–H groups in total. The molecule has 0 saturated heterocycles. The molecule has 100 valence electrons. The summed E-state index contributed by atoms with van der Waals surface area (Å²) in [6.07, 6.45) is 0. The van der Waals surface area contributed by atoms with Crippen molar-refractivity contribution in [3.63, 3.8) is 0 Å². The largest absolute Gasteiger partial charge is 0.394 e. The molecule has 2 aromatic rings. The molecule has 0 saturated carbocycles. The monoisotopic (exact) mass is 259 g/mol. The normalized spacial score (nSPS) is 12.2. The van der Waals surface area contributed by atoms with Crippen LogP contribution in [0.5, 0.6) is 0 Å². The van der Waals surface area contributed by atoms with Crippen molar-refractivity contribution in [2.75, 3.05) is 11.9 Å². The van der Waals surface area contributed by atoms with Crippen molar-refractivity contribution in [2.24, 2.45) is 0 Å². The van der Waals surface area contributed by atoms with Gasteiger partial charge in [0.05, 0.1) is 18.3 Å². The maximum Gasteiger partial charge on any atom is 0.146 e. The SMILES string of the molecule is Cc1cccc(C)c1C(CO)Nc1ccccc1F. The summed E-state index contributed by atoms with van der Waals surface area (Å²) in [5, 5.41) is 12.7. The lowest BCUT2D eigenvalue weighted by atomic mass is 9.96. The Morgan fingerprint density at radius 3 is 2.26 bits per heavy atom. The van der Waals surface area contributed by atoms with Crippen LogP contribution in [0.4, 0.5) is 10.1 Å². The van der Waals surface area contributed by atoms with E-state index < -0.39 is 0 Å². The van der Waals surface area contributed by atoms with Crippen LogP contribution in [0, 0.1) is 19.7 Å². The zero-order chi connectivity index (χ0) is 13.8. The van der Waals surface area contributed by atoms with E-state index >= 15 is 0 Å². The molecule has 1 atom stereocenters. The second-order valence-electron chi connectivity index (χ2n) is 4.66. The molecule has 0 radical (unpaired) electrons. The molecule has 0 amide bonds. The highest BCUT2D eigenvalue weighted by molar-refractivity contribution is 5.49. The Bertz CT molecular complexity index is 548. The van der Waals surface area contributed by atoms with E-state index in [1.807, 2.05) is 32.0 Å². The van der Waals surface area contributed by atoms with Crippen molar-refractivity contribution in [1.82, 2.24) is 0 Å². The lowest BCUT2D eigenvalue weighted by Crippen LogP contribution is -2.18. The van der Waals surface area contributed by atoms with Crippen LogP contribution in [0.15, 0.2) is 42.5 Å². The summed E-state index contributed by atoms with van der Waals surface area (Å²) in [6, 6.07) is 12.1. The first kappa shape index (κ1) is 13.6. The van der Waals surface area contributed by atoms with E-state index in [2.05, 4.69) is 5.32 Å². The molecule has 2 rings (SSSR count). The Hall–Kier alpha value is -1.87. The fourth-order valence-corrected chi connectivity index (χ4v) is 2.35. The highest BCUT2D eigenvalue weighted by Gasteiger charge is 2.16. The first-order valence-electron chi connectivity index (χ1n) is 6.31. The summed E-state index contributed by atoms with van der Waals surface area (Å²) >= 11 is 0. The van der Waals surface area contributed by atoms with Crippen molar-refractivity contribution in [1.29, 1.82) is 0 Å². The number of hydrogen-bond donors (Lipinski definition) is 2. The average molecular weight is 259 g/mol. The van der Waals surface area contributed by atoms with E-state index in [0.29, 0.717) is 5.69 Å². The molecule has 0 aliphatic carbocycles. The molecule has 2 nitrogen and oxygen atoms in total. The molecule has 0 aromatic heterocycles. The average Bonchev–Trinajstić information content (AvgIpc) is 2.39. The smallest absolute Gasteiger partial charge is 0.146 e. The maximum absolute atomic E-state index is 13.7. The van der Waals surface area contributed by atoms with Crippen LogP contribution in [0.2, 0.25) is 0 Å². The summed E-state index contributed by atoms with van der Waals surface area (Å²) in [5.74, 6) is -0.313. The first-order valence-corrected chi connectivity index (χ1v) is 6.31. The van der Waals surface area contributed by atoms with Gasteiger partial charge in [-0.05, 0) is 42.7 Å². The lowest BCUT2D eigenvalue weighted by Gasteiger charge is -2.22. The molecule has 0 fully saturated rings. The van der Waals surface area contributed by atoms with E-state index in [4.69, 9.17) is 0 Å². The predicted molar refractivity (Wildman–Crippen MR) is 75.8 cm³/mol. The van der Waals surface area contributed by atoms with Crippen LogP contribution < -0.4 is 5.32 Å². The fraction of sp³-hybridized carbons (Fsp3) is 0.250. The fourth-order valence-electron chi connectivity index (χ4n) is 2.35. The van der Waals surface area contributed by atoms with Crippen molar-refractivity contribution >= 4 is 5.69 Å². The van der Waals surface area contributed by atoms with E-state index in [1.165, 1.54) is 6.07 Å². The number of para-hydroxylation sites is 1. The molecule has 0 aliphatic heterocycles. The first-order chi connectivity index (χ1) is 9.13. The third-order valence-electron chi connectivity index (χ3n) is 3.28. The van der Waals surface area contributed by atoms with Crippen LogP contribution in [-0.4, -0.2) is 11.7 Å². The zero-order valence-corrected chi connectivity index (χ0v) is 11.2. The highest BCUT2D eigenvalue weighted by Crippen LogP contribution is 2.26. The Morgan fingerprint density at radius 2 is 1.68 bits per heavy atom. The van der Waals surface area contributed by atoms with Gasteiger partial charge in [-0.15, -0.1) is 0 Å². The Morgan fingerprint density at radius 1 is 1.05 bits per heavy atom. The van der Waals surface area contributed by atoms with Gasteiger partial charge in [0.2, 0.25) is 0 Å². The maximum atomic E-state index is 13.7. The third kappa shape index (κ3) is 2.93. The molecular weight excluding hydrogens is 241 g/mol. The van der Waals surface area contributed by atoms with Gasteiger partial charge >= 0.3 is 0 Å². The Balaban J connectivity index is 2.34. The minimum absolute atomic E-state index is 0.0833. The van der Waals surface area contributed by atoms with Crippen molar-refractivity contribution in [3.8, 4) is 0 Å². The van der Waals surface area contributed by atoms with Gasteiger partial charge in [-0.3, -0.25) is 0 Å². The van der Waals surface area contributed by atoms with Crippen LogP contribution >= 0.6 is 0 Å². The summed E-state index contributed by atoms with van der Waals surface area (Å²) in [6.45, 7) is 3.90. The van der Waals surface area contributed by atoms with Crippen molar-refractivity contribution < 1.29 is 9.50 Å². The molecule has 3 heteroatoms. The van der Waals surface area contributed by atoms with Crippen LogP contribution in [0.3, 0.4) is 0 Å². The zero-order valence-electron chi connectivity index (χ0n) is 11.2. The second-order valence-corrected chi connectivity index (χ2v) is 4.66. The second kappa shape index (κ2) is 5.85. The van der Waals surface area contributed by atoms with Gasteiger partial charge in [-0.2, -0.15) is 0 Å². The molecule has 0 heterocycles. The highest BCUT2D eigenvalue weighted by atomic mass is 19.1. The van der Waals surface area contributed by atoms with Gasteiger partial charge in [0, 0.05) is 0 Å². The number of nitrogens with one attached hydrogen (secondary N) is 1. The number of hydrogen-bond acceptors (Lipinski definition) is 2. The standard InChI is InChI=1S/C16H18FNO/c1-11-6-5-7-12(2)16(11)15(10-19)18-14-9-4-3-8-13(14)17/h3-9,15,18-19H,10H2,1-2H3. The van der Waals surface area contributed by atoms with E-state index in [-0.39, 0.29) is 18.5 Å². The number of aryl methyl sites for hydroxylation is 2.